The Morgan fingerprint density at radius 2 is 1.84 bits per heavy atom. The van der Waals surface area contributed by atoms with Gasteiger partial charge in [0.15, 0.2) is 5.78 Å². The number of ketones is 1. The Kier molecular flexibility index (Phi) is 4.00. The molecule has 100 valence electrons. The first-order valence-corrected chi connectivity index (χ1v) is 6.25. The van der Waals surface area contributed by atoms with Crippen LogP contribution in [-0.2, 0) is 4.79 Å². The van der Waals surface area contributed by atoms with E-state index < -0.39 is 0 Å². The zero-order valence-corrected chi connectivity index (χ0v) is 11.1. The predicted octanol–water partition coefficient (Wildman–Crippen LogP) is 1.91. The van der Waals surface area contributed by atoms with E-state index in [1.54, 1.807) is 36.3 Å². The van der Waals surface area contributed by atoms with Crippen molar-refractivity contribution < 1.29 is 14.3 Å². The SMILES string of the molecule is COc1ccc(C(=O)/C=C/C(=O)N2CC(C)C2)cc1. The van der Waals surface area contributed by atoms with Crippen LogP contribution in [-0.4, -0.2) is 36.8 Å². The van der Waals surface area contributed by atoms with E-state index >= 15 is 0 Å². The van der Waals surface area contributed by atoms with E-state index in [0.29, 0.717) is 17.2 Å². The van der Waals surface area contributed by atoms with Crippen molar-refractivity contribution in [3.8, 4) is 5.75 Å². The minimum absolute atomic E-state index is 0.0973. The number of allylic oxidation sites excluding steroid dienone is 1. The zero-order chi connectivity index (χ0) is 13.8. The monoisotopic (exact) mass is 259 g/mol. The smallest absolute Gasteiger partial charge is 0.246 e. The fourth-order valence-corrected chi connectivity index (χ4v) is 1.98. The molecule has 1 amide bonds. The Morgan fingerprint density at radius 1 is 1.21 bits per heavy atom. The van der Waals surface area contributed by atoms with Crippen LogP contribution in [0.15, 0.2) is 36.4 Å². The van der Waals surface area contributed by atoms with Gasteiger partial charge in [0.2, 0.25) is 5.91 Å². The molecule has 4 heteroatoms. The maximum Gasteiger partial charge on any atom is 0.246 e. The highest BCUT2D eigenvalue weighted by atomic mass is 16.5. The summed E-state index contributed by atoms with van der Waals surface area (Å²) in [6, 6.07) is 6.81. The van der Waals surface area contributed by atoms with Crippen molar-refractivity contribution in [1.82, 2.24) is 4.90 Å². The number of nitrogens with zero attached hydrogens (tertiary/aromatic N) is 1. The van der Waals surface area contributed by atoms with E-state index in [-0.39, 0.29) is 11.7 Å². The topological polar surface area (TPSA) is 46.6 Å². The van der Waals surface area contributed by atoms with Crippen LogP contribution >= 0.6 is 0 Å². The largest absolute Gasteiger partial charge is 0.497 e. The summed E-state index contributed by atoms with van der Waals surface area (Å²) in [7, 11) is 1.57. The van der Waals surface area contributed by atoms with Gasteiger partial charge in [-0.1, -0.05) is 6.92 Å². The Bertz CT molecular complexity index is 499. The molecule has 0 N–H and O–H groups in total. The molecule has 4 nitrogen and oxygen atoms in total. The van der Waals surface area contributed by atoms with Gasteiger partial charge in [-0.3, -0.25) is 9.59 Å². The molecule has 0 unspecified atom stereocenters. The lowest BCUT2D eigenvalue weighted by Crippen LogP contribution is -2.47. The highest BCUT2D eigenvalue weighted by molar-refractivity contribution is 6.07. The Hall–Kier alpha value is -2.10. The Morgan fingerprint density at radius 3 is 2.37 bits per heavy atom. The highest BCUT2D eigenvalue weighted by Gasteiger charge is 2.25. The van der Waals surface area contributed by atoms with Gasteiger partial charge in [0.1, 0.15) is 5.75 Å². The number of rotatable bonds is 4. The average Bonchev–Trinajstić information content (AvgIpc) is 2.41. The number of carbonyl (C=O) groups excluding carboxylic acids is 2. The molecule has 1 aromatic carbocycles. The van der Waals surface area contributed by atoms with Crippen LogP contribution in [0.3, 0.4) is 0 Å². The van der Waals surface area contributed by atoms with Gasteiger partial charge in [0.25, 0.3) is 0 Å². The van der Waals surface area contributed by atoms with Gasteiger partial charge in [0.05, 0.1) is 7.11 Å². The number of benzene rings is 1. The maximum atomic E-state index is 11.8. The van der Waals surface area contributed by atoms with E-state index in [2.05, 4.69) is 6.92 Å². The van der Waals surface area contributed by atoms with E-state index in [4.69, 9.17) is 4.74 Å². The number of carbonyl (C=O) groups is 2. The van der Waals surface area contributed by atoms with Gasteiger partial charge in [-0.15, -0.1) is 0 Å². The number of amides is 1. The van der Waals surface area contributed by atoms with Crippen LogP contribution in [0.5, 0.6) is 5.75 Å². The van der Waals surface area contributed by atoms with Crippen LogP contribution in [0.2, 0.25) is 0 Å². The third-order valence-corrected chi connectivity index (χ3v) is 3.13. The molecule has 0 saturated carbocycles. The van der Waals surface area contributed by atoms with Gasteiger partial charge >= 0.3 is 0 Å². The third kappa shape index (κ3) is 3.22. The number of hydrogen-bond donors (Lipinski definition) is 0. The molecule has 1 saturated heterocycles. The molecule has 0 aliphatic carbocycles. The summed E-state index contributed by atoms with van der Waals surface area (Å²) in [5.41, 5.74) is 0.543. The van der Waals surface area contributed by atoms with E-state index in [0.717, 1.165) is 13.1 Å². The minimum atomic E-state index is -0.176. The molecule has 0 bridgehead atoms. The summed E-state index contributed by atoms with van der Waals surface area (Å²) in [6.07, 6.45) is 2.67. The molecular weight excluding hydrogens is 242 g/mol. The van der Waals surface area contributed by atoms with Crippen LogP contribution < -0.4 is 4.74 Å². The summed E-state index contributed by atoms with van der Waals surface area (Å²) in [5, 5.41) is 0. The molecule has 19 heavy (non-hydrogen) atoms. The lowest BCUT2D eigenvalue weighted by molar-refractivity contribution is -0.131. The highest BCUT2D eigenvalue weighted by Crippen LogP contribution is 2.15. The molecular formula is C15H17NO3. The predicted molar refractivity (Wildman–Crippen MR) is 72.2 cm³/mol. The standard InChI is InChI=1S/C15H17NO3/c1-11-9-16(10-11)15(18)8-7-14(17)12-3-5-13(19-2)6-4-12/h3-8,11H,9-10H2,1-2H3/b8-7+. The van der Waals surface area contributed by atoms with Crippen molar-refractivity contribution in [2.45, 2.75) is 6.92 Å². The first-order valence-electron chi connectivity index (χ1n) is 6.25. The molecule has 2 rings (SSSR count). The molecule has 1 fully saturated rings. The molecule has 0 radical (unpaired) electrons. The molecule has 0 spiro atoms. The Labute approximate surface area is 112 Å². The third-order valence-electron chi connectivity index (χ3n) is 3.13. The summed E-state index contributed by atoms with van der Waals surface area (Å²) in [5.74, 6) is 0.991. The van der Waals surface area contributed by atoms with Crippen molar-refractivity contribution in [2.75, 3.05) is 20.2 Å². The van der Waals surface area contributed by atoms with Crippen LogP contribution in [0.4, 0.5) is 0 Å². The second-order valence-electron chi connectivity index (χ2n) is 4.77. The van der Waals surface area contributed by atoms with Crippen molar-refractivity contribution in [1.29, 1.82) is 0 Å². The summed E-state index contributed by atoms with van der Waals surface area (Å²) in [6.45, 7) is 3.65. The maximum absolute atomic E-state index is 11.8. The lowest BCUT2D eigenvalue weighted by Gasteiger charge is -2.36. The number of likely N-dealkylation sites (tertiary alicyclic amines) is 1. The average molecular weight is 259 g/mol. The van der Waals surface area contributed by atoms with E-state index in [1.165, 1.54) is 12.2 Å². The van der Waals surface area contributed by atoms with Crippen LogP contribution in [0.25, 0.3) is 0 Å². The summed E-state index contributed by atoms with van der Waals surface area (Å²) in [4.78, 5) is 25.2. The van der Waals surface area contributed by atoms with Crippen molar-refractivity contribution in [3.05, 3.63) is 42.0 Å². The molecule has 1 heterocycles. The van der Waals surface area contributed by atoms with Gasteiger partial charge in [-0.25, -0.2) is 0 Å². The molecule has 1 aliphatic heterocycles. The molecule has 0 atom stereocenters. The van der Waals surface area contributed by atoms with Gasteiger partial charge in [0, 0.05) is 24.7 Å². The zero-order valence-electron chi connectivity index (χ0n) is 11.1. The second-order valence-corrected chi connectivity index (χ2v) is 4.77. The molecule has 1 aromatic rings. The minimum Gasteiger partial charge on any atom is -0.497 e. The quantitative estimate of drug-likeness (QED) is 0.613. The van der Waals surface area contributed by atoms with Gasteiger partial charge in [-0.05, 0) is 36.3 Å². The number of methoxy groups -OCH3 is 1. The molecule has 0 aromatic heterocycles. The van der Waals surface area contributed by atoms with Crippen LogP contribution in [0.1, 0.15) is 17.3 Å². The number of hydrogen-bond acceptors (Lipinski definition) is 3. The Balaban J connectivity index is 1.94. The normalized spacial score (nSPS) is 15.4. The van der Waals surface area contributed by atoms with Crippen LogP contribution in [0, 0.1) is 5.92 Å². The summed E-state index contributed by atoms with van der Waals surface area (Å²) < 4.78 is 5.02. The van der Waals surface area contributed by atoms with Crippen molar-refractivity contribution in [2.24, 2.45) is 5.92 Å². The van der Waals surface area contributed by atoms with E-state index in [1.807, 2.05) is 0 Å². The van der Waals surface area contributed by atoms with Crippen molar-refractivity contribution in [3.63, 3.8) is 0 Å². The van der Waals surface area contributed by atoms with Crippen molar-refractivity contribution >= 4 is 11.7 Å². The summed E-state index contributed by atoms with van der Waals surface area (Å²) >= 11 is 0. The molecule has 1 aliphatic rings. The van der Waals surface area contributed by atoms with Gasteiger partial charge < -0.3 is 9.64 Å². The first-order chi connectivity index (χ1) is 9.10. The fourth-order valence-electron chi connectivity index (χ4n) is 1.98. The van der Waals surface area contributed by atoms with E-state index in [9.17, 15) is 9.59 Å². The fraction of sp³-hybridized carbons (Fsp3) is 0.333. The van der Waals surface area contributed by atoms with Gasteiger partial charge in [-0.2, -0.15) is 0 Å². The first kappa shape index (κ1) is 13.3. The second kappa shape index (κ2) is 5.69. The lowest BCUT2D eigenvalue weighted by atomic mass is 10.0. The number of ether oxygens (including phenoxy) is 1.